The molecule has 3 aromatic rings. The molecule has 0 unspecified atom stereocenters. The summed E-state index contributed by atoms with van der Waals surface area (Å²) in [4.78, 5) is 8.49. The first kappa shape index (κ1) is 23.0. The van der Waals surface area contributed by atoms with E-state index in [0.29, 0.717) is 36.5 Å². The quantitative estimate of drug-likeness (QED) is 0.522. The maximum Gasteiger partial charge on any atom is 0.401 e. The van der Waals surface area contributed by atoms with Gasteiger partial charge in [0.2, 0.25) is 0 Å². The lowest BCUT2D eigenvalue weighted by atomic mass is 9.84. The number of nitrogen functional groups attached to an aromatic ring is 1. The number of anilines is 1. The first-order valence-electron chi connectivity index (χ1n) is 11.6. The van der Waals surface area contributed by atoms with Crippen LogP contribution in [0, 0.1) is 0 Å². The van der Waals surface area contributed by atoms with Gasteiger partial charge in [-0.25, -0.2) is 0 Å². The highest BCUT2D eigenvalue weighted by Gasteiger charge is 2.42. The summed E-state index contributed by atoms with van der Waals surface area (Å²) in [6.45, 7) is 2.58. The summed E-state index contributed by atoms with van der Waals surface area (Å²) >= 11 is 0. The molecule has 1 aromatic carbocycles. The molecule has 0 bridgehead atoms. The van der Waals surface area contributed by atoms with Crippen LogP contribution < -0.4 is 5.73 Å². The standard InChI is InChI=1S/C24H28F4N6/c1-14-9-17-16(3-5-20-18(17)10-30-32-20)23(34(14)13-24(26,27)28)21-6-4-19(29)22(31-21)15-11-33(12-15)8-2-7-25/h3-6,10,14-15,23H,2,7-9,11-13,29H2,1H3,(H,30,32)/t14-,23+/m1/s1. The number of nitrogens with zero attached hydrogens (tertiary/aromatic N) is 4. The Hall–Kier alpha value is -2.72. The highest BCUT2D eigenvalue weighted by atomic mass is 19.4. The Bertz CT molecular complexity index is 1170. The molecule has 2 aromatic heterocycles. The lowest BCUT2D eigenvalue weighted by Crippen LogP contribution is -2.48. The van der Waals surface area contributed by atoms with E-state index in [-0.39, 0.29) is 18.6 Å². The minimum atomic E-state index is -4.34. The second kappa shape index (κ2) is 8.81. The van der Waals surface area contributed by atoms with Crippen LogP contribution in [-0.2, 0) is 6.42 Å². The number of alkyl halides is 4. The number of nitrogens with two attached hydrogens (primary N) is 1. The van der Waals surface area contributed by atoms with Crippen LogP contribution in [0.1, 0.15) is 47.8 Å². The van der Waals surface area contributed by atoms with E-state index in [1.165, 1.54) is 4.90 Å². The fraction of sp³-hybridized carbons (Fsp3) is 0.500. The van der Waals surface area contributed by atoms with E-state index in [0.717, 1.165) is 35.1 Å². The lowest BCUT2D eigenvalue weighted by Gasteiger charge is -2.43. The van der Waals surface area contributed by atoms with Crippen LogP contribution in [0.5, 0.6) is 0 Å². The molecule has 2 aliphatic rings. The van der Waals surface area contributed by atoms with Crippen molar-refractivity contribution in [1.29, 1.82) is 0 Å². The van der Waals surface area contributed by atoms with Gasteiger partial charge in [-0.2, -0.15) is 18.3 Å². The zero-order chi connectivity index (χ0) is 24.0. The van der Waals surface area contributed by atoms with Gasteiger partial charge in [-0.15, -0.1) is 0 Å². The molecule has 1 saturated heterocycles. The predicted molar refractivity (Wildman–Crippen MR) is 122 cm³/mol. The molecule has 0 amide bonds. The van der Waals surface area contributed by atoms with Crippen molar-refractivity contribution in [2.75, 3.05) is 38.6 Å². The van der Waals surface area contributed by atoms with Crippen LogP contribution in [0.25, 0.3) is 10.9 Å². The van der Waals surface area contributed by atoms with Crippen LogP contribution in [0.3, 0.4) is 0 Å². The summed E-state index contributed by atoms with van der Waals surface area (Å²) in [6.07, 6.45) is -1.63. The van der Waals surface area contributed by atoms with Crippen molar-refractivity contribution >= 4 is 16.6 Å². The Morgan fingerprint density at radius 1 is 1.18 bits per heavy atom. The first-order valence-corrected chi connectivity index (χ1v) is 11.6. The van der Waals surface area contributed by atoms with Crippen LogP contribution in [0.15, 0.2) is 30.5 Å². The third kappa shape index (κ3) is 4.24. The van der Waals surface area contributed by atoms with Crippen LogP contribution in [0.4, 0.5) is 23.2 Å². The maximum absolute atomic E-state index is 13.6. The van der Waals surface area contributed by atoms with Crippen molar-refractivity contribution in [2.24, 2.45) is 0 Å². The van der Waals surface area contributed by atoms with Gasteiger partial charge in [0.15, 0.2) is 0 Å². The van der Waals surface area contributed by atoms with Gasteiger partial charge in [0.1, 0.15) is 0 Å². The number of hydrogen-bond donors (Lipinski definition) is 2. The van der Waals surface area contributed by atoms with Gasteiger partial charge in [0, 0.05) is 37.0 Å². The summed E-state index contributed by atoms with van der Waals surface area (Å²) in [5.41, 5.74) is 10.7. The monoisotopic (exact) mass is 476 g/mol. The minimum absolute atomic E-state index is 0.0902. The Kier molecular flexibility index (Phi) is 5.97. The Morgan fingerprint density at radius 3 is 2.71 bits per heavy atom. The average molecular weight is 477 g/mol. The van der Waals surface area contributed by atoms with Crippen molar-refractivity contribution in [3.05, 3.63) is 53.0 Å². The second-order valence-corrected chi connectivity index (χ2v) is 9.42. The predicted octanol–water partition coefficient (Wildman–Crippen LogP) is 4.20. The van der Waals surface area contributed by atoms with E-state index < -0.39 is 18.8 Å². The topological polar surface area (TPSA) is 74.1 Å². The molecule has 3 N–H and O–H groups in total. The lowest BCUT2D eigenvalue weighted by molar-refractivity contribution is -0.155. The minimum Gasteiger partial charge on any atom is -0.397 e. The summed E-state index contributed by atoms with van der Waals surface area (Å²) in [6, 6.07) is 6.25. The highest BCUT2D eigenvalue weighted by Crippen LogP contribution is 2.42. The molecule has 2 aliphatic heterocycles. The highest BCUT2D eigenvalue weighted by molar-refractivity contribution is 5.83. The molecule has 2 atom stereocenters. The van der Waals surface area contributed by atoms with Crippen LogP contribution >= 0.6 is 0 Å². The van der Waals surface area contributed by atoms with Gasteiger partial charge in [-0.1, -0.05) is 6.07 Å². The average Bonchev–Trinajstić information content (AvgIpc) is 3.23. The number of rotatable bonds is 6. The maximum atomic E-state index is 13.6. The number of likely N-dealkylation sites (tertiary alicyclic amines) is 1. The number of hydrogen-bond acceptors (Lipinski definition) is 5. The SMILES string of the molecule is C[C@@H]1Cc2c(ccc3[nH]ncc23)[C@@H](c2ccc(N)c(C3CN(CCCF)C3)n2)N1CC(F)(F)F. The molecule has 6 nitrogen and oxygen atoms in total. The molecule has 0 radical (unpaired) electrons. The molecular formula is C24H28F4N6. The van der Waals surface area contributed by atoms with Crippen molar-refractivity contribution in [1.82, 2.24) is 25.0 Å². The molecule has 0 aliphatic carbocycles. The molecule has 182 valence electrons. The number of pyridine rings is 1. The van der Waals surface area contributed by atoms with E-state index in [1.54, 1.807) is 18.3 Å². The van der Waals surface area contributed by atoms with Crippen LogP contribution in [-0.4, -0.2) is 70.1 Å². The number of aromatic amines is 1. The number of H-pyrrole nitrogens is 1. The number of fused-ring (bicyclic) bond motifs is 3. The molecule has 4 heterocycles. The van der Waals surface area contributed by atoms with E-state index >= 15 is 0 Å². The van der Waals surface area contributed by atoms with Gasteiger partial charge in [-0.3, -0.25) is 19.4 Å². The first-order chi connectivity index (χ1) is 16.2. The number of aromatic nitrogens is 3. The molecular weight excluding hydrogens is 448 g/mol. The fourth-order valence-corrected chi connectivity index (χ4v) is 5.40. The summed E-state index contributed by atoms with van der Waals surface area (Å²) in [5.74, 6) is 0.0902. The van der Waals surface area contributed by atoms with Gasteiger partial charge in [0.25, 0.3) is 0 Å². The Balaban J connectivity index is 1.55. The van der Waals surface area contributed by atoms with E-state index in [2.05, 4.69) is 15.1 Å². The second-order valence-electron chi connectivity index (χ2n) is 9.42. The van der Waals surface area contributed by atoms with Crippen molar-refractivity contribution in [2.45, 2.75) is 43.9 Å². The smallest absolute Gasteiger partial charge is 0.397 e. The Labute approximate surface area is 195 Å². The number of benzene rings is 1. The summed E-state index contributed by atoms with van der Waals surface area (Å²) in [5, 5.41) is 8.01. The van der Waals surface area contributed by atoms with Gasteiger partial charge in [0.05, 0.1) is 48.0 Å². The largest absolute Gasteiger partial charge is 0.401 e. The van der Waals surface area contributed by atoms with Crippen LogP contribution in [0.2, 0.25) is 0 Å². The van der Waals surface area contributed by atoms with Gasteiger partial charge in [-0.05, 0) is 49.1 Å². The zero-order valence-corrected chi connectivity index (χ0v) is 18.9. The molecule has 10 heteroatoms. The van der Waals surface area contributed by atoms with E-state index in [4.69, 9.17) is 10.7 Å². The van der Waals surface area contributed by atoms with Crippen molar-refractivity contribution in [3.63, 3.8) is 0 Å². The van der Waals surface area contributed by atoms with Gasteiger partial charge >= 0.3 is 6.18 Å². The zero-order valence-electron chi connectivity index (χ0n) is 18.9. The molecule has 0 saturated carbocycles. The van der Waals surface area contributed by atoms with Gasteiger partial charge < -0.3 is 10.6 Å². The van der Waals surface area contributed by atoms with E-state index in [1.807, 2.05) is 19.1 Å². The number of halogens is 4. The third-order valence-electron chi connectivity index (χ3n) is 7.04. The Morgan fingerprint density at radius 2 is 1.97 bits per heavy atom. The van der Waals surface area contributed by atoms with Crippen molar-refractivity contribution < 1.29 is 17.6 Å². The molecule has 1 fully saturated rings. The van der Waals surface area contributed by atoms with E-state index in [9.17, 15) is 17.6 Å². The summed E-state index contributed by atoms with van der Waals surface area (Å²) in [7, 11) is 0. The number of nitrogens with one attached hydrogen (secondary N) is 1. The molecule has 34 heavy (non-hydrogen) atoms. The third-order valence-corrected chi connectivity index (χ3v) is 7.04. The molecule has 0 spiro atoms. The molecule has 5 rings (SSSR count). The van der Waals surface area contributed by atoms with Crippen molar-refractivity contribution in [3.8, 4) is 0 Å². The normalized spacial score (nSPS) is 22.1. The summed E-state index contributed by atoms with van der Waals surface area (Å²) < 4.78 is 53.4. The fourth-order valence-electron chi connectivity index (χ4n) is 5.40.